The predicted molar refractivity (Wildman–Crippen MR) is 90.5 cm³/mol. The number of carbonyl (C=O) groups excluding carboxylic acids is 1. The molecule has 0 aliphatic rings. The van der Waals surface area contributed by atoms with Gasteiger partial charge in [-0.1, -0.05) is 58.3 Å². The van der Waals surface area contributed by atoms with Gasteiger partial charge in [0.25, 0.3) is 0 Å². The number of hydrogen-bond acceptors (Lipinski definition) is 3. The third-order valence-electron chi connectivity index (χ3n) is 4.15. The average molecular weight is 299 g/mol. The van der Waals surface area contributed by atoms with Gasteiger partial charge in [-0.2, -0.15) is 0 Å². The summed E-state index contributed by atoms with van der Waals surface area (Å²) < 4.78 is 5.46. The van der Waals surface area contributed by atoms with E-state index in [2.05, 4.69) is 6.92 Å². The van der Waals surface area contributed by atoms with Crippen molar-refractivity contribution in [1.82, 2.24) is 4.90 Å². The van der Waals surface area contributed by atoms with Crippen LogP contribution in [0.3, 0.4) is 0 Å². The molecule has 21 heavy (non-hydrogen) atoms. The molecule has 3 nitrogen and oxygen atoms in total. The van der Waals surface area contributed by atoms with E-state index in [-0.39, 0.29) is 18.1 Å². The monoisotopic (exact) mass is 299 g/mol. The smallest absolute Gasteiger partial charge is 0.323 e. The number of esters is 1. The van der Waals surface area contributed by atoms with Crippen LogP contribution in [0, 0.1) is 0 Å². The van der Waals surface area contributed by atoms with E-state index in [0.717, 1.165) is 6.42 Å². The van der Waals surface area contributed by atoms with Crippen molar-refractivity contribution >= 4 is 5.97 Å². The lowest BCUT2D eigenvalue weighted by atomic mass is 10.1. The molecule has 126 valence electrons. The number of likely N-dealkylation sites (N-methyl/N-ethyl adjacent to an activating group) is 1. The second-order valence-electron chi connectivity index (χ2n) is 6.50. The second-order valence-corrected chi connectivity index (χ2v) is 6.50. The molecule has 2 unspecified atom stereocenters. The molecule has 0 saturated heterocycles. The number of unbranched alkanes of at least 4 members (excludes halogenated alkanes) is 8. The van der Waals surface area contributed by atoms with Gasteiger partial charge in [0.2, 0.25) is 0 Å². The molecule has 0 amide bonds. The highest BCUT2D eigenvalue weighted by Gasteiger charge is 2.18. The van der Waals surface area contributed by atoms with Gasteiger partial charge < -0.3 is 4.74 Å². The van der Waals surface area contributed by atoms with Crippen molar-refractivity contribution in [2.75, 3.05) is 14.1 Å². The van der Waals surface area contributed by atoms with Crippen LogP contribution < -0.4 is 0 Å². The van der Waals surface area contributed by atoms with Crippen LogP contribution >= 0.6 is 0 Å². The Morgan fingerprint density at radius 2 is 1.38 bits per heavy atom. The predicted octanol–water partition coefficient (Wildman–Crippen LogP) is 4.79. The van der Waals surface area contributed by atoms with Gasteiger partial charge >= 0.3 is 5.97 Å². The fraction of sp³-hybridized carbons (Fsp3) is 0.944. The van der Waals surface area contributed by atoms with Crippen LogP contribution in [0.4, 0.5) is 0 Å². The average Bonchev–Trinajstić information content (AvgIpc) is 2.44. The van der Waals surface area contributed by atoms with E-state index in [4.69, 9.17) is 4.74 Å². The Bertz CT molecular complexity index is 254. The van der Waals surface area contributed by atoms with Crippen molar-refractivity contribution in [2.45, 2.75) is 97.1 Å². The first-order valence-electron chi connectivity index (χ1n) is 8.86. The molecule has 0 heterocycles. The third-order valence-corrected chi connectivity index (χ3v) is 4.15. The van der Waals surface area contributed by atoms with Crippen molar-refractivity contribution in [3.63, 3.8) is 0 Å². The van der Waals surface area contributed by atoms with Crippen molar-refractivity contribution in [3.05, 3.63) is 0 Å². The number of carbonyl (C=O) groups is 1. The number of rotatable bonds is 13. The minimum absolute atomic E-state index is 0.0458. The second kappa shape index (κ2) is 13.1. The zero-order valence-corrected chi connectivity index (χ0v) is 15.0. The number of ether oxygens (including phenoxy) is 1. The van der Waals surface area contributed by atoms with E-state index in [1.54, 1.807) is 0 Å². The lowest BCUT2D eigenvalue weighted by Gasteiger charge is -2.21. The molecule has 0 aliphatic carbocycles. The highest BCUT2D eigenvalue weighted by molar-refractivity contribution is 5.75. The standard InChI is InChI=1S/C18H37NO2/c1-6-7-8-9-10-11-12-13-14-15-16(2)21-18(20)17(3)19(4)5/h16-17H,6-15H2,1-5H3. The van der Waals surface area contributed by atoms with Gasteiger partial charge in [0.1, 0.15) is 6.04 Å². The van der Waals surface area contributed by atoms with Crippen LogP contribution in [-0.4, -0.2) is 37.1 Å². The van der Waals surface area contributed by atoms with E-state index >= 15 is 0 Å². The summed E-state index contributed by atoms with van der Waals surface area (Å²) in [6, 6.07) is -0.157. The summed E-state index contributed by atoms with van der Waals surface area (Å²) in [5, 5.41) is 0. The van der Waals surface area contributed by atoms with Gasteiger partial charge in [-0.15, -0.1) is 0 Å². The maximum atomic E-state index is 11.8. The molecule has 0 aliphatic heterocycles. The molecule has 0 aromatic heterocycles. The normalized spacial score (nSPS) is 14.2. The number of nitrogens with zero attached hydrogens (tertiary/aromatic N) is 1. The Labute approximate surface area is 132 Å². The minimum Gasteiger partial charge on any atom is -0.462 e. The molecule has 0 fully saturated rings. The van der Waals surface area contributed by atoms with Crippen LogP contribution in [0.25, 0.3) is 0 Å². The first-order valence-corrected chi connectivity index (χ1v) is 8.86. The lowest BCUT2D eigenvalue weighted by molar-refractivity contribution is -0.153. The zero-order chi connectivity index (χ0) is 16.1. The summed E-state index contributed by atoms with van der Waals surface area (Å²) in [6.07, 6.45) is 13.0. The lowest BCUT2D eigenvalue weighted by Crippen LogP contribution is -2.35. The highest BCUT2D eigenvalue weighted by Crippen LogP contribution is 2.12. The molecule has 2 atom stereocenters. The van der Waals surface area contributed by atoms with Gasteiger partial charge in [-0.05, 0) is 40.8 Å². The largest absolute Gasteiger partial charge is 0.462 e. The van der Waals surface area contributed by atoms with Crippen LogP contribution in [0.2, 0.25) is 0 Å². The van der Waals surface area contributed by atoms with Gasteiger partial charge in [0.15, 0.2) is 0 Å². The van der Waals surface area contributed by atoms with Crippen molar-refractivity contribution in [2.24, 2.45) is 0 Å². The molecule has 0 N–H and O–H groups in total. The third kappa shape index (κ3) is 11.7. The Balaban J connectivity index is 3.45. The Kier molecular flexibility index (Phi) is 12.8. The molecule has 0 aromatic carbocycles. The van der Waals surface area contributed by atoms with E-state index in [1.807, 2.05) is 32.8 Å². The van der Waals surface area contributed by atoms with Gasteiger partial charge in [0.05, 0.1) is 6.10 Å². The van der Waals surface area contributed by atoms with E-state index in [0.29, 0.717) is 0 Å². The Morgan fingerprint density at radius 1 is 0.905 bits per heavy atom. The van der Waals surface area contributed by atoms with Crippen molar-refractivity contribution in [1.29, 1.82) is 0 Å². The number of hydrogen-bond donors (Lipinski definition) is 0. The molecule has 0 spiro atoms. The molecule has 0 radical (unpaired) electrons. The summed E-state index contributed by atoms with van der Waals surface area (Å²) in [5.41, 5.74) is 0. The Hall–Kier alpha value is -0.570. The molecule has 0 saturated carbocycles. The van der Waals surface area contributed by atoms with Gasteiger partial charge in [-0.25, -0.2) is 0 Å². The zero-order valence-electron chi connectivity index (χ0n) is 15.0. The maximum absolute atomic E-state index is 11.8. The van der Waals surface area contributed by atoms with Crippen LogP contribution in [0.1, 0.15) is 85.0 Å². The molecule has 0 bridgehead atoms. The Morgan fingerprint density at radius 3 is 1.86 bits per heavy atom. The summed E-state index contributed by atoms with van der Waals surface area (Å²) in [4.78, 5) is 13.7. The molecular weight excluding hydrogens is 262 g/mol. The van der Waals surface area contributed by atoms with E-state index in [1.165, 1.54) is 57.8 Å². The highest BCUT2D eigenvalue weighted by atomic mass is 16.5. The van der Waals surface area contributed by atoms with Crippen LogP contribution in [0.15, 0.2) is 0 Å². The minimum atomic E-state index is -0.157. The quantitative estimate of drug-likeness (QED) is 0.362. The van der Waals surface area contributed by atoms with Crippen LogP contribution in [0.5, 0.6) is 0 Å². The molecule has 0 rings (SSSR count). The fourth-order valence-electron chi connectivity index (χ4n) is 2.31. The first-order chi connectivity index (χ1) is 9.99. The maximum Gasteiger partial charge on any atom is 0.323 e. The molecule has 0 aromatic rings. The topological polar surface area (TPSA) is 29.5 Å². The summed E-state index contributed by atoms with van der Waals surface area (Å²) in [7, 11) is 3.80. The molecule has 3 heteroatoms. The summed E-state index contributed by atoms with van der Waals surface area (Å²) in [5.74, 6) is -0.108. The van der Waals surface area contributed by atoms with E-state index < -0.39 is 0 Å². The first kappa shape index (κ1) is 20.4. The van der Waals surface area contributed by atoms with Crippen molar-refractivity contribution in [3.8, 4) is 0 Å². The summed E-state index contributed by atoms with van der Waals surface area (Å²) in [6.45, 7) is 6.14. The van der Waals surface area contributed by atoms with Gasteiger partial charge in [0, 0.05) is 0 Å². The molecular formula is C18H37NO2. The van der Waals surface area contributed by atoms with Crippen molar-refractivity contribution < 1.29 is 9.53 Å². The van der Waals surface area contributed by atoms with Gasteiger partial charge in [-0.3, -0.25) is 9.69 Å². The SMILES string of the molecule is CCCCCCCCCCCC(C)OC(=O)C(C)N(C)C. The van der Waals surface area contributed by atoms with Crippen LogP contribution in [-0.2, 0) is 9.53 Å². The van der Waals surface area contributed by atoms with E-state index in [9.17, 15) is 4.79 Å². The summed E-state index contributed by atoms with van der Waals surface area (Å²) >= 11 is 0. The fourth-order valence-corrected chi connectivity index (χ4v) is 2.31.